The van der Waals surface area contributed by atoms with E-state index in [9.17, 15) is 12.8 Å². The first-order chi connectivity index (χ1) is 11.9. The fraction of sp³-hybridized carbons (Fsp3) is 0.600. The molecule has 8 nitrogen and oxygen atoms in total. The zero-order valence-corrected chi connectivity index (χ0v) is 15.3. The van der Waals surface area contributed by atoms with Crippen LogP contribution in [0, 0.1) is 5.82 Å². The maximum absolute atomic E-state index is 13.8. The third kappa shape index (κ3) is 5.82. The van der Waals surface area contributed by atoms with Crippen LogP contribution in [0.1, 0.15) is 13.3 Å². The van der Waals surface area contributed by atoms with Gasteiger partial charge in [-0.1, -0.05) is 0 Å². The summed E-state index contributed by atoms with van der Waals surface area (Å²) in [5, 5.41) is 6.33. The van der Waals surface area contributed by atoms with Crippen molar-refractivity contribution in [1.82, 2.24) is 20.3 Å². The number of rotatable bonds is 7. The molecule has 1 atom stereocenters. The van der Waals surface area contributed by atoms with Crippen LogP contribution in [0.25, 0.3) is 0 Å². The monoisotopic (exact) mass is 372 g/mol. The molecule has 25 heavy (non-hydrogen) atoms. The number of aromatic nitrogens is 1. The second-order valence-corrected chi connectivity index (χ2v) is 7.78. The van der Waals surface area contributed by atoms with Gasteiger partial charge in [0.25, 0.3) is 0 Å². The largest absolute Gasteiger partial charge is 0.355 e. The van der Waals surface area contributed by atoms with Crippen LogP contribution in [0.15, 0.2) is 23.3 Å². The van der Waals surface area contributed by atoms with Crippen LogP contribution in [0.3, 0.4) is 0 Å². The van der Waals surface area contributed by atoms with Gasteiger partial charge in [-0.15, -0.1) is 0 Å². The highest BCUT2D eigenvalue weighted by molar-refractivity contribution is 7.89. The van der Waals surface area contributed by atoms with E-state index in [1.54, 1.807) is 26.2 Å². The summed E-state index contributed by atoms with van der Waals surface area (Å²) in [4.78, 5) is 10.1. The van der Waals surface area contributed by atoms with Gasteiger partial charge in [-0.2, -0.15) is 0 Å². The molecule has 1 aliphatic heterocycles. The average molecular weight is 372 g/mol. The Balaban J connectivity index is 1.78. The number of nitrogens with one attached hydrogen (secondary N) is 3. The van der Waals surface area contributed by atoms with Gasteiger partial charge in [0.05, 0.1) is 5.75 Å². The van der Waals surface area contributed by atoms with E-state index >= 15 is 0 Å². The first-order valence-electron chi connectivity index (χ1n) is 8.25. The molecule has 0 aliphatic carbocycles. The van der Waals surface area contributed by atoms with Crippen molar-refractivity contribution in [1.29, 1.82) is 0 Å². The maximum atomic E-state index is 13.8. The van der Waals surface area contributed by atoms with E-state index in [0.29, 0.717) is 31.4 Å². The number of sulfonamides is 1. The lowest BCUT2D eigenvalue weighted by molar-refractivity contribution is 0.581. The number of halogens is 1. The van der Waals surface area contributed by atoms with Gasteiger partial charge in [-0.25, -0.2) is 22.5 Å². The first-order valence-corrected chi connectivity index (χ1v) is 9.90. The minimum Gasteiger partial charge on any atom is -0.355 e. The van der Waals surface area contributed by atoms with Crippen LogP contribution in [-0.4, -0.2) is 64.4 Å². The molecule has 0 aromatic carbocycles. The number of nitrogens with zero attached hydrogens (tertiary/aromatic N) is 3. The highest BCUT2D eigenvalue weighted by Gasteiger charge is 2.25. The van der Waals surface area contributed by atoms with E-state index in [1.807, 2.05) is 4.90 Å². The van der Waals surface area contributed by atoms with Gasteiger partial charge < -0.3 is 15.5 Å². The third-order valence-electron chi connectivity index (χ3n) is 3.91. The normalized spacial score (nSPS) is 18.4. The standard InChI is InChI=1S/C15H25FN6O2S/c1-3-25(23,24)20-9-8-19-15(17-2)21-12-6-10-22(11-12)14-13(16)5-4-7-18-14/h4-5,7,12,20H,3,6,8-11H2,1-2H3,(H2,17,19,21). The van der Waals surface area contributed by atoms with Crippen LogP contribution >= 0.6 is 0 Å². The molecule has 0 amide bonds. The van der Waals surface area contributed by atoms with Gasteiger partial charge >= 0.3 is 0 Å². The van der Waals surface area contributed by atoms with Crippen molar-refractivity contribution in [3.05, 3.63) is 24.1 Å². The summed E-state index contributed by atoms with van der Waals surface area (Å²) < 4.78 is 39.0. The van der Waals surface area contributed by atoms with E-state index in [0.717, 1.165) is 6.42 Å². The number of hydrogen-bond acceptors (Lipinski definition) is 5. The predicted molar refractivity (Wildman–Crippen MR) is 96.8 cm³/mol. The van der Waals surface area contributed by atoms with Crippen LogP contribution in [0.5, 0.6) is 0 Å². The van der Waals surface area contributed by atoms with Crippen LogP contribution in [0.4, 0.5) is 10.2 Å². The molecule has 2 rings (SSSR count). The number of pyridine rings is 1. The Morgan fingerprint density at radius 2 is 2.28 bits per heavy atom. The lowest BCUT2D eigenvalue weighted by Gasteiger charge is -2.20. The highest BCUT2D eigenvalue weighted by Crippen LogP contribution is 2.20. The lowest BCUT2D eigenvalue weighted by Crippen LogP contribution is -2.46. The molecule has 1 aromatic rings. The zero-order valence-electron chi connectivity index (χ0n) is 14.5. The summed E-state index contributed by atoms with van der Waals surface area (Å²) in [6, 6.07) is 3.09. The van der Waals surface area contributed by atoms with Crippen molar-refractivity contribution in [2.75, 3.05) is 43.9 Å². The molecule has 1 aliphatic rings. The zero-order chi connectivity index (χ0) is 18.3. The Kier molecular flexibility index (Phi) is 6.94. The SMILES string of the molecule is CCS(=O)(=O)NCCNC(=NC)NC1CCN(c2ncccc2F)C1. The average Bonchev–Trinajstić information content (AvgIpc) is 3.06. The number of hydrogen-bond donors (Lipinski definition) is 3. The van der Waals surface area contributed by atoms with Gasteiger partial charge in [0.2, 0.25) is 10.0 Å². The Hall–Kier alpha value is -1.94. The molecule has 140 valence electrons. The highest BCUT2D eigenvalue weighted by atomic mass is 32.2. The van der Waals surface area contributed by atoms with Gasteiger partial charge in [0.1, 0.15) is 0 Å². The summed E-state index contributed by atoms with van der Waals surface area (Å²) in [5.74, 6) is 0.684. The summed E-state index contributed by atoms with van der Waals surface area (Å²) >= 11 is 0. The van der Waals surface area contributed by atoms with Crippen molar-refractivity contribution >= 4 is 21.8 Å². The minimum atomic E-state index is -3.19. The van der Waals surface area contributed by atoms with Crippen molar-refractivity contribution in [2.45, 2.75) is 19.4 Å². The fourth-order valence-electron chi connectivity index (χ4n) is 2.56. The van der Waals surface area contributed by atoms with Gasteiger partial charge in [0.15, 0.2) is 17.6 Å². The molecule has 2 heterocycles. The van der Waals surface area contributed by atoms with E-state index in [1.165, 1.54) is 6.07 Å². The molecule has 10 heteroatoms. The Morgan fingerprint density at radius 3 is 2.96 bits per heavy atom. The van der Waals surface area contributed by atoms with Gasteiger partial charge in [0, 0.05) is 45.5 Å². The minimum absolute atomic E-state index is 0.0575. The topological polar surface area (TPSA) is 98.7 Å². The number of aliphatic imine (C=N–C) groups is 1. The Bertz CT molecular complexity index is 697. The Morgan fingerprint density at radius 1 is 1.48 bits per heavy atom. The number of guanidine groups is 1. The molecular weight excluding hydrogens is 347 g/mol. The molecule has 1 fully saturated rings. The van der Waals surface area contributed by atoms with Gasteiger partial charge in [-0.05, 0) is 25.5 Å². The molecule has 0 bridgehead atoms. The molecule has 1 unspecified atom stereocenters. The van der Waals surface area contributed by atoms with Crippen LogP contribution < -0.4 is 20.3 Å². The van der Waals surface area contributed by atoms with Crippen molar-refractivity contribution in [3.8, 4) is 0 Å². The van der Waals surface area contributed by atoms with Gasteiger partial charge in [-0.3, -0.25) is 4.99 Å². The maximum Gasteiger partial charge on any atom is 0.211 e. The fourth-order valence-corrected chi connectivity index (χ4v) is 3.18. The third-order valence-corrected chi connectivity index (χ3v) is 5.31. The summed E-state index contributed by atoms with van der Waals surface area (Å²) in [6.45, 7) is 3.62. The van der Waals surface area contributed by atoms with Crippen molar-refractivity contribution in [2.24, 2.45) is 4.99 Å². The van der Waals surface area contributed by atoms with E-state index in [-0.39, 0.29) is 24.2 Å². The van der Waals surface area contributed by atoms with E-state index in [2.05, 4.69) is 25.3 Å². The smallest absolute Gasteiger partial charge is 0.211 e. The van der Waals surface area contributed by atoms with Crippen LogP contribution in [-0.2, 0) is 10.0 Å². The lowest BCUT2D eigenvalue weighted by atomic mass is 10.3. The summed E-state index contributed by atoms with van der Waals surface area (Å²) in [5.41, 5.74) is 0. The van der Waals surface area contributed by atoms with Crippen LogP contribution in [0.2, 0.25) is 0 Å². The Labute approximate surface area is 148 Å². The predicted octanol–water partition coefficient (Wildman–Crippen LogP) is -0.0963. The van der Waals surface area contributed by atoms with Crippen molar-refractivity contribution in [3.63, 3.8) is 0 Å². The molecule has 0 saturated carbocycles. The molecule has 0 spiro atoms. The summed E-state index contributed by atoms with van der Waals surface area (Å²) in [7, 11) is -1.54. The summed E-state index contributed by atoms with van der Waals surface area (Å²) in [6.07, 6.45) is 2.41. The van der Waals surface area contributed by atoms with Crippen molar-refractivity contribution < 1.29 is 12.8 Å². The molecule has 1 saturated heterocycles. The van der Waals surface area contributed by atoms with E-state index < -0.39 is 10.0 Å². The number of anilines is 1. The second kappa shape index (κ2) is 8.95. The first kappa shape index (κ1) is 19.4. The molecule has 3 N–H and O–H groups in total. The molecule has 1 aromatic heterocycles. The van der Waals surface area contributed by atoms with E-state index in [4.69, 9.17) is 0 Å². The molecular formula is C15H25FN6O2S. The molecule has 0 radical (unpaired) electrons. The second-order valence-electron chi connectivity index (χ2n) is 5.68. The quantitative estimate of drug-likeness (QED) is 0.351.